The van der Waals surface area contributed by atoms with Crippen molar-refractivity contribution in [2.45, 2.75) is 50.4 Å². The molecule has 0 aliphatic carbocycles. The smallest absolute Gasteiger partial charge is 0.250 e. The number of carbonyl (C=O) groups excluding carboxylic acids is 3. The maximum absolute atomic E-state index is 13.9. The van der Waals surface area contributed by atoms with Crippen molar-refractivity contribution in [3.05, 3.63) is 53.6 Å². The number of halogens is 1. The average molecular weight is 542 g/mol. The molecule has 3 N–H and O–H groups in total. The molecule has 3 saturated heterocycles. The summed E-state index contributed by atoms with van der Waals surface area (Å²) in [5.74, 6) is -1.77. The normalized spacial score (nSPS) is 27.3. The molecule has 3 aliphatic rings. The Morgan fingerprint density at radius 3 is 2.61 bits per heavy atom. The molecule has 10 heteroatoms. The third kappa shape index (κ3) is 4.63. The van der Waals surface area contributed by atoms with Crippen LogP contribution in [0.25, 0.3) is 0 Å². The highest BCUT2D eigenvalue weighted by Crippen LogP contribution is 2.58. The number of likely N-dealkylation sites (tertiary alicyclic amines) is 1. The topological polar surface area (TPSA) is 117 Å². The fraction of sp³-hybridized carbons (Fsp3) is 0.464. The third-order valence-electron chi connectivity index (χ3n) is 7.72. The number of benzene rings is 2. The number of rotatable bonds is 10. The molecule has 0 saturated carbocycles. The Morgan fingerprint density at radius 2 is 1.89 bits per heavy atom. The predicted octanol–water partition coefficient (Wildman–Crippen LogP) is 3.46. The van der Waals surface area contributed by atoms with Crippen LogP contribution in [0.4, 0.5) is 11.4 Å². The fourth-order valence-corrected chi connectivity index (χ4v) is 6.36. The second-order valence-electron chi connectivity index (χ2n) is 9.93. The number of para-hydroxylation sites is 1. The highest BCUT2D eigenvalue weighted by atomic mass is 35.5. The number of nitrogens with one attached hydrogen (secondary N) is 2. The zero-order chi connectivity index (χ0) is 26.9. The number of ether oxygens (including phenoxy) is 2. The van der Waals surface area contributed by atoms with Crippen molar-refractivity contribution >= 4 is 40.7 Å². The molecule has 2 unspecified atom stereocenters. The molecule has 0 aromatic heterocycles. The Hall–Kier alpha value is -3.14. The van der Waals surface area contributed by atoms with Crippen LogP contribution in [0.1, 0.15) is 32.6 Å². The molecule has 1 spiro atoms. The molecule has 3 aliphatic heterocycles. The van der Waals surface area contributed by atoms with Gasteiger partial charge in [-0.05, 0) is 69.0 Å². The monoisotopic (exact) mass is 541 g/mol. The first-order chi connectivity index (χ1) is 18.4. The summed E-state index contributed by atoms with van der Waals surface area (Å²) in [6.07, 6.45) is 1.63. The SMILES string of the molecule is CCOc1ccc(NC(=O)[C@@H]2[C@H]3C(=O)N(CCCCO)C(C(=O)Nc4ccccc4Cl)C34CC[C@H]2O4)cc1. The third-order valence-corrected chi connectivity index (χ3v) is 8.05. The van der Waals surface area contributed by atoms with E-state index in [0.717, 1.165) is 0 Å². The Morgan fingerprint density at radius 1 is 1.13 bits per heavy atom. The molecule has 202 valence electrons. The van der Waals surface area contributed by atoms with Gasteiger partial charge in [-0.1, -0.05) is 23.7 Å². The lowest BCUT2D eigenvalue weighted by Crippen LogP contribution is -2.53. The van der Waals surface area contributed by atoms with Gasteiger partial charge in [0.15, 0.2) is 0 Å². The largest absolute Gasteiger partial charge is 0.494 e. The van der Waals surface area contributed by atoms with E-state index in [-0.39, 0.29) is 25.0 Å². The number of hydrogen-bond donors (Lipinski definition) is 3. The van der Waals surface area contributed by atoms with E-state index in [0.29, 0.717) is 54.4 Å². The molecule has 38 heavy (non-hydrogen) atoms. The number of unbranched alkanes of at least 4 members (excludes halogenated alkanes) is 1. The van der Waals surface area contributed by atoms with Crippen molar-refractivity contribution in [2.24, 2.45) is 11.8 Å². The first-order valence-electron chi connectivity index (χ1n) is 13.1. The van der Waals surface area contributed by atoms with E-state index in [4.69, 9.17) is 21.1 Å². The number of amides is 3. The van der Waals surface area contributed by atoms with E-state index in [9.17, 15) is 19.5 Å². The molecule has 0 radical (unpaired) electrons. The van der Waals surface area contributed by atoms with Crippen molar-refractivity contribution in [3.8, 4) is 5.75 Å². The minimum absolute atomic E-state index is 0.0151. The lowest BCUT2D eigenvalue weighted by atomic mass is 9.70. The molecule has 3 fully saturated rings. The van der Waals surface area contributed by atoms with Gasteiger partial charge >= 0.3 is 0 Å². The minimum Gasteiger partial charge on any atom is -0.494 e. The molecule has 5 atom stereocenters. The van der Waals surface area contributed by atoms with Gasteiger partial charge in [0.05, 0.1) is 35.3 Å². The van der Waals surface area contributed by atoms with Crippen LogP contribution in [0.5, 0.6) is 5.75 Å². The number of aliphatic hydroxyl groups excluding tert-OH is 1. The number of carbonyl (C=O) groups is 3. The van der Waals surface area contributed by atoms with Gasteiger partial charge in [0.2, 0.25) is 17.7 Å². The number of nitrogens with zero attached hydrogens (tertiary/aromatic N) is 1. The number of aliphatic hydroxyl groups is 1. The Balaban J connectivity index is 1.41. The molecule has 2 aromatic rings. The molecule has 3 amide bonds. The number of fused-ring (bicyclic) bond motifs is 1. The zero-order valence-electron chi connectivity index (χ0n) is 21.2. The highest BCUT2D eigenvalue weighted by molar-refractivity contribution is 6.33. The van der Waals surface area contributed by atoms with Gasteiger partial charge < -0.3 is 30.1 Å². The summed E-state index contributed by atoms with van der Waals surface area (Å²) < 4.78 is 11.9. The summed E-state index contributed by atoms with van der Waals surface area (Å²) in [5, 5.41) is 15.5. The van der Waals surface area contributed by atoms with Crippen molar-refractivity contribution in [1.82, 2.24) is 4.90 Å². The second kappa shape index (κ2) is 10.9. The van der Waals surface area contributed by atoms with Gasteiger partial charge in [-0.25, -0.2) is 0 Å². The van der Waals surface area contributed by atoms with E-state index in [1.54, 1.807) is 48.5 Å². The maximum atomic E-state index is 13.9. The summed E-state index contributed by atoms with van der Waals surface area (Å²) in [6.45, 7) is 2.70. The van der Waals surface area contributed by atoms with Gasteiger partial charge in [0.25, 0.3) is 0 Å². The standard InChI is InChI=1S/C28H32ClN3O6/c1-2-37-18-11-9-17(10-12-18)30-25(34)22-21-13-14-28(38-21)23(22)27(36)32(15-5-6-16-33)24(28)26(35)31-20-8-4-3-7-19(20)29/h3-4,7-12,21-24,33H,2,5-6,13-16H2,1H3,(H,30,34)(H,31,35)/t21-,22+,23+,24?,28?/m1/s1. The minimum atomic E-state index is -1.10. The van der Waals surface area contributed by atoms with Gasteiger partial charge in [0.1, 0.15) is 17.4 Å². The van der Waals surface area contributed by atoms with Crippen molar-refractivity contribution < 1.29 is 29.0 Å². The maximum Gasteiger partial charge on any atom is 0.250 e. The average Bonchev–Trinajstić information content (AvgIpc) is 3.54. The first kappa shape index (κ1) is 26.5. The Bertz CT molecular complexity index is 1210. The molecular formula is C28H32ClN3O6. The molecule has 3 heterocycles. The summed E-state index contributed by atoms with van der Waals surface area (Å²) in [6, 6.07) is 13.0. The van der Waals surface area contributed by atoms with Crippen molar-refractivity contribution in [2.75, 3.05) is 30.4 Å². The lowest BCUT2D eigenvalue weighted by molar-refractivity contribution is -0.139. The van der Waals surface area contributed by atoms with Crippen LogP contribution in [-0.2, 0) is 19.1 Å². The van der Waals surface area contributed by atoms with Crippen LogP contribution in [0, 0.1) is 11.8 Å². The Labute approximate surface area is 226 Å². The molecule has 2 bridgehead atoms. The van der Waals surface area contributed by atoms with Crippen LogP contribution in [-0.4, -0.2) is 65.2 Å². The molecular weight excluding hydrogens is 510 g/mol. The zero-order valence-corrected chi connectivity index (χ0v) is 21.9. The summed E-state index contributed by atoms with van der Waals surface area (Å²) in [4.78, 5) is 42.7. The van der Waals surface area contributed by atoms with Crippen LogP contribution < -0.4 is 15.4 Å². The van der Waals surface area contributed by atoms with Gasteiger partial charge in [-0.3, -0.25) is 14.4 Å². The van der Waals surface area contributed by atoms with Crippen LogP contribution in [0.15, 0.2) is 48.5 Å². The van der Waals surface area contributed by atoms with Crippen LogP contribution >= 0.6 is 11.6 Å². The van der Waals surface area contributed by atoms with E-state index < -0.39 is 35.5 Å². The summed E-state index contributed by atoms with van der Waals surface area (Å²) in [5.41, 5.74) is -0.0692. The van der Waals surface area contributed by atoms with Crippen molar-refractivity contribution in [1.29, 1.82) is 0 Å². The van der Waals surface area contributed by atoms with Crippen molar-refractivity contribution in [3.63, 3.8) is 0 Å². The fourth-order valence-electron chi connectivity index (χ4n) is 6.18. The van der Waals surface area contributed by atoms with E-state index >= 15 is 0 Å². The summed E-state index contributed by atoms with van der Waals surface area (Å²) in [7, 11) is 0. The quantitative estimate of drug-likeness (QED) is 0.397. The first-order valence-corrected chi connectivity index (χ1v) is 13.5. The van der Waals surface area contributed by atoms with Crippen LogP contribution in [0.2, 0.25) is 5.02 Å². The predicted molar refractivity (Wildman–Crippen MR) is 142 cm³/mol. The van der Waals surface area contributed by atoms with Gasteiger partial charge in [-0.2, -0.15) is 0 Å². The summed E-state index contributed by atoms with van der Waals surface area (Å²) >= 11 is 6.28. The van der Waals surface area contributed by atoms with E-state index in [2.05, 4.69) is 10.6 Å². The molecule has 9 nitrogen and oxygen atoms in total. The molecule has 5 rings (SSSR count). The molecule has 2 aromatic carbocycles. The van der Waals surface area contributed by atoms with Gasteiger partial charge in [0, 0.05) is 18.8 Å². The Kier molecular flexibility index (Phi) is 7.61. The van der Waals surface area contributed by atoms with Crippen LogP contribution in [0.3, 0.4) is 0 Å². The second-order valence-corrected chi connectivity index (χ2v) is 10.3. The van der Waals surface area contributed by atoms with Gasteiger partial charge in [-0.15, -0.1) is 0 Å². The van der Waals surface area contributed by atoms with E-state index in [1.807, 2.05) is 6.92 Å². The number of anilines is 2. The highest BCUT2D eigenvalue weighted by Gasteiger charge is 2.74. The van der Waals surface area contributed by atoms with E-state index in [1.165, 1.54) is 4.90 Å². The number of hydrogen-bond acceptors (Lipinski definition) is 6. The lowest BCUT2D eigenvalue weighted by Gasteiger charge is -2.33.